The molecule has 1 N–H and O–H groups in total. The summed E-state index contributed by atoms with van der Waals surface area (Å²) in [6.07, 6.45) is 6.88. The molecule has 1 amide bonds. The SMILES string of the molecule is COCc1nocc1C(=O)NC1CCN(C(C)c2ccncc2)CC1. The van der Waals surface area contributed by atoms with Gasteiger partial charge < -0.3 is 14.6 Å². The summed E-state index contributed by atoms with van der Waals surface area (Å²) in [5.41, 5.74) is 2.25. The van der Waals surface area contributed by atoms with E-state index in [0.29, 0.717) is 17.3 Å². The molecule has 7 nitrogen and oxygen atoms in total. The first kappa shape index (κ1) is 17.6. The quantitative estimate of drug-likeness (QED) is 0.865. The summed E-state index contributed by atoms with van der Waals surface area (Å²) in [4.78, 5) is 18.9. The summed E-state index contributed by atoms with van der Waals surface area (Å²) in [5, 5.41) is 6.90. The van der Waals surface area contributed by atoms with Crippen molar-refractivity contribution in [3.8, 4) is 0 Å². The van der Waals surface area contributed by atoms with E-state index in [0.717, 1.165) is 25.9 Å². The molecule has 0 aromatic carbocycles. The number of carbonyl (C=O) groups excluding carboxylic acids is 1. The zero-order chi connectivity index (χ0) is 17.6. The highest BCUT2D eigenvalue weighted by atomic mass is 16.5. The van der Waals surface area contributed by atoms with Crippen LogP contribution in [0.15, 0.2) is 35.3 Å². The van der Waals surface area contributed by atoms with E-state index in [4.69, 9.17) is 9.26 Å². The summed E-state index contributed by atoms with van der Waals surface area (Å²) >= 11 is 0. The molecule has 1 fully saturated rings. The maximum absolute atomic E-state index is 12.4. The van der Waals surface area contributed by atoms with E-state index in [1.807, 2.05) is 12.4 Å². The van der Waals surface area contributed by atoms with Gasteiger partial charge in [0.15, 0.2) is 0 Å². The number of methoxy groups -OCH3 is 1. The van der Waals surface area contributed by atoms with Crippen molar-refractivity contribution in [1.82, 2.24) is 20.4 Å². The molecular weight excluding hydrogens is 320 g/mol. The standard InChI is InChI=1S/C18H24N4O3/c1-13(14-3-7-19-8-4-14)22-9-5-15(6-10-22)20-18(23)16-11-25-21-17(16)12-24-2/h3-4,7-8,11,13,15H,5-6,9-10,12H2,1-2H3,(H,20,23). The second kappa shape index (κ2) is 8.22. The summed E-state index contributed by atoms with van der Waals surface area (Å²) in [5.74, 6) is -0.145. The molecule has 0 saturated carbocycles. The van der Waals surface area contributed by atoms with E-state index >= 15 is 0 Å². The van der Waals surface area contributed by atoms with Crippen LogP contribution < -0.4 is 5.32 Å². The zero-order valence-corrected chi connectivity index (χ0v) is 14.6. The molecular formula is C18H24N4O3. The molecule has 2 aromatic heterocycles. The normalized spacial score (nSPS) is 17.4. The van der Waals surface area contributed by atoms with Gasteiger partial charge in [-0.3, -0.25) is 14.7 Å². The molecule has 1 aliphatic heterocycles. The van der Waals surface area contributed by atoms with Gasteiger partial charge >= 0.3 is 0 Å². The van der Waals surface area contributed by atoms with Crippen LogP contribution in [0.25, 0.3) is 0 Å². The van der Waals surface area contributed by atoms with Crippen LogP contribution in [0.5, 0.6) is 0 Å². The first-order valence-corrected chi connectivity index (χ1v) is 8.56. The molecule has 3 rings (SSSR count). The average Bonchev–Trinajstić information content (AvgIpc) is 3.11. The van der Waals surface area contributed by atoms with Gasteiger partial charge in [0, 0.05) is 44.7 Å². The summed E-state index contributed by atoms with van der Waals surface area (Å²) < 4.78 is 9.94. The Kier molecular flexibility index (Phi) is 5.78. The lowest BCUT2D eigenvalue weighted by Gasteiger charge is -2.36. The largest absolute Gasteiger partial charge is 0.378 e. The van der Waals surface area contributed by atoms with Gasteiger partial charge in [-0.15, -0.1) is 0 Å². The third kappa shape index (κ3) is 4.24. The topological polar surface area (TPSA) is 80.5 Å². The molecule has 1 saturated heterocycles. The predicted octanol–water partition coefficient (Wildman–Crippen LogP) is 2.17. The number of aromatic nitrogens is 2. The van der Waals surface area contributed by atoms with Crippen molar-refractivity contribution in [3.05, 3.63) is 47.6 Å². The van der Waals surface area contributed by atoms with Crippen LogP contribution in [0.2, 0.25) is 0 Å². The lowest BCUT2D eigenvalue weighted by Crippen LogP contribution is -2.45. The number of nitrogens with one attached hydrogen (secondary N) is 1. The van der Waals surface area contributed by atoms with Crippen molar-refractivity contribution in [2.45, 2.75) is 38.5 Å². The highest BCUT2D eigenvalue weighted by molar-refractivity contribution is 5.95. The number of hydrogen-bond donors (Lipinski definition) is 1. The van der Waals surface area contributed by atoms with Crippen LogP contribution in [-0.2, 0) is 11.3 Å². The van der Waals surface area contributed by atoms with E-state index in [9.17, 15) is 4.79 Å². The van der Waals surface area contributed by atoms with Gasteiger partial charge in [-0.2, -0.15) is 0 Å². The second-order valence-electron chi connectivity index (χ2n) is 6.35. The smallest absolute Gasteiger partial charge is 0.256 e. The predicted molar refractivity (Wildman–Crippen MR) is 91.9 cm³/mol. The fourth-order valence-corrected chi connectivity index (χ4v) is 3.23. The first-order chi connectivity index (χ1) is 12.2. The number of nitrogens with zero attached hydrogens (tertiary/aromatic N) is 3. The number of likely N-dealkylation sites (tertiary alicyclic amines) is 1. The van der Waals surface area contributed by atoms with E-state index in [2.05, 4.69) is 39.4 Å². The molecule has 0 radical (unpaired) electrons. The lowest BCUT2D eigenvalue weighted by atomic mass is 10.0. The Morgan fingerprint density at radius 3 is 2.80 bits per heavy atom. The van der Waals surface area contributed by atoms with Gasteiger partial charge in [0.1, 0.15) is 17.5 Å². The summed E-state index contributed by atoms with van der Waals surface area (Å²) in [6, 6.07) is 4.63. The number of amides is 1. The Morgan fingerprint density at radius 2 is 2.12 bits per heavy atom. The van der Waals surface area contributed by atoms with Crippen molar-refractivity contribution in [2.24, 2.45) is 0 Å². The van der Waals surface area contributed by atoms with Gasteiger partial charge in [0.2, 0.25) is 0 Å². The van der Waals surface area contributed by atoms with Gasteiger partial charge in [0.25, 0.3) is 5.91 Å². The molecule has 0 spiro atoms. The second-order valence-corrected chi connectivity index (χ2v) is 6.35. The van der Waals surface area contributed by atoms with E-state index in [1.165, 1.54) is 11.8 Å². The maximum atomic E-state index is 12.4. The van der Waals surface area contributed by atoms with Crippen LogP contribution in [0.3, 0.4) is 0 Å². The molecule has 25 heavy (non-hydrogen) atoms. The van der Waals surface area contributed by atoms with Crippen molar-refractivity contribution in [2.75, 3.05) is 20.2 Å². The van der Waals surface area contributed by atoms with E-state index in [-0.39, 0.29) is 18.6 Å². The molecule has 7 heteroatoms. The van der Waals surface area contributed by atoms with Crippen molar-refractivity contribution in [1.29, 1.82) is 0 Å². The Balaban J connectivity index is 1.52. The molecule has 1 unspecified atom stereocenters. The summed E-state index contributed by atoms with van der Waals surface area (Å²) in [6.45, 7) is 4.37. The number of hydrogen-bond acceptors (Lipinski definition) is 6. The molecule has 0 bridgehead atoms. The fraction of sp³-hybridized carbons (Fsp3) is 0.500. The Labute approximate surface area is 147 Å². The highest BCUT2D eigenvalue weighted by Gasteiger charge is 2.26. The number of pyridine rings is 1. The van der Waals surface area contributed by atoms with E-state index in [1.54, 1.807) is 7.11 Å². The molecule has 1 aliphatic rings. The average molecular weight is 344 g/mol. The number of rotatable bonds is 6. The zero-order valence-electron chi connectivity index (χ0n) is 14.6. The van der Waals surface area contributed by atoms with Crippen LogP contribution in [-0.4, -0.2) is 47.2 Å². The van der Waals surface area contributed by atoms with Gasteiger partial charge in [-0.05, 0) is 37.5 Å². The Hall–Kier alpha value is -2.25. The maximum Gasteiger partial charge on any atom is 0.256 e. The van der Waals surface area contributed by atoms with Crippen molar-refractivity contribution in [3.63, 3.8) is 0 Å². The first-order valence-electron chi connectivity index (χ1n) is 8.56. The molecule has 1 atom stereocenters. The number of ether oxygens (including phenoxy) is 1. The third-order valence-electron chi connectivity index (χ3n) is 4.77. The third-order valence-corrected chi connectivity index (χ3v) is 4.77. The Bertz CT molecular complexity index is 681. The summed E-state index contributed by atoms with van der Waals surface area (Å²) in [7, 11) is 1.57. The van der Waals surface area contributed by atoms with Crippen LogP contribution in [0.1, 0.15) is 47.4 Å². The minimum atomic E-state index is -0.145. The van der Waals surface area contributed by atoms with Crippen LogP contribution in [0.4, 0.5) is 0 Å². The molecule has 0 aliphatic carbocycles. The van der Waals surface area contributed by atoms with Crippen molar-refractivity contribution < 1.29 is 14.1 Å². The lowest BCUT2D eigenvalue weighted by molar-refractivity contribution is 0.0891. The highest BCUT2D eigenvalue weighted by Crippen LogP contribution is 2.24. The van der Waals surface area contributed by atoms with Gasteiger partial charge in [0.05, 0.1) is 6.61 Å². The molecule has 3 heterocycles. The molecule has 2 aromatic rings. The monoisotopic (exact) mass is 344 g/mol. The number of carbonyl (C=O) groups is 1. The number of piperidine rings is 1. The van der Waals surface area contributed by atoms with Gasteiger partial charge in [-0.1, -0.05) is 5.16 Å². The minimum Gasteiger partial charge on any atom is -0.378 e. The van der Waals surface area contributed by atoms with Crippen molar-refractivity contribution >= 4 is 5.91 Å². The molecule has 134 valence electrons. The van der Waals surface area contributed by atoms with E-state index < -0.39 is 0 Å². The van der Waals surface area contributed by atoms with Crippen LogP contribution >= 0.6 is 0 Å². The fourth-order valence-electron chi connectivity index (χ4n) is 3.23. The minimum absolute atomic E-state index is 0.145. The van der Waals surface area contributed by atoms with Gasteiger partial charge in [-0.25, -0.2) is 0 Å². The van der Waals surface area contributed by atoms with Crippen LogP contribution in [0, 0.1) is 0 Å². The Morgan fingerprint density at radius 1 is 1.40 bits per heavy atom.